The van der Waals surface area contributed by atoms with Crippen LogP contribution in [0.5, 0.6) is 11.5 Å². The van der Waals surface area contributed by atoms with Crippen molar-refractivity contribution in [2.24, 2.45) is 0 Å². The number of hydrogen-bond acceptors (Lipinski definition) is 4. The first-order valence-electron chi connectivity index (χ1n) is 7.26. The summed E-state index contributed by atoms with van der Waals surface area (Å²) in [5, 5.41) is 12.4. The summed E-state index contributed by atoms with van der Waals surface area (Å²) >= 11 is 0. The van der Waals surface area contributed by atoms with Crippen molar-refractivity contribution in [3.8, 4) is 11.5 Å². The topological polar surface area (TPSA) is 67.8 Å². The van der Waals surface area contributed by atoms with E-state index in [1.807, 2.05) is 6.92 Å². The van der Waals surface area contributed by atoms with Crippen LogP contribution in [0.4, 0.5) is 0 Å². The van der Waals surface area contributed by atoms with Crippen molar-refractivity contribution in [3.05, 3.63) is 23.8 Å². The Labute approximate surface area is 126 Å². The Bertz CT molecular complexity index is 460. The van der Waals surface area contributed by atoms with Crippen molar-refractivity contribution in [2.75, 3.05) is 13.7 Å². The Morgan fingerprint density at radius 3 is 2.62 bits per heavy atom. The van der Waals surface area contributed by atoms with Gasteiger partial charge in [-0.05, 0) is 38.0 Å². The number of methoxy groups -OCH3 is 1. The fourth-order valence-electron chi connectivity index (χ4n) is 2.03. The third-order valence-corrected chi connectivity index (χ3v) is 3.16. The van der Waals surface area contributed by atoms with Crippen LogP contribution in [-0.2, 0) is 4.79 Å². The van der Waals surface area contributed by atoms with E-state index in [0.717, 1.165) is 18.4 Å². The van der Waals surface area contributed by atoms with Crippen molar-refractivity contribution in [1.29, 1.82) is 0 Å². The lowest BCUT2D eigenvalue weighted by atomic mass is 10.1. The second kappa shape index (κ2) is 8.52. The standard InChI is InChI=1S/C16H25NO4/c1-5-6-11(2)17-16(19)10-21-14-8-7-13(12(3)18)9-15(14)20-4/h7-9,11-12,18H,5-6,10H2,1-4H3,(H,17,19)/t11?,12-/m0/s1. The number of carbonyl (C=O) groups excluding carboxylic acids is 1. The highest BCUT2D eigenvalue weighted by Gasteiger charge is 2.11. The molecule has 1 aromatic carbocycles. The van der Waals surface area contributed by atoms with Crippen molar-refractivity contribution in [3.63, 3.8) is 0 Å². The zero-order valence-corrected chi connectivity index (χ0v) is 13.2. The Morgan fingerprint density at radius 2 is 2.05 bits per heavy atom. The molecule has 0 aromatic heterocycles. The lowest BCUT2D eigenvalue weighted by Crippen LogP contribution is -2.35. The van der Waals surface area contributed by atoms with Crippen molar-refractivity contribution in [2.45, 2.75) is 45.8 Å². The van der Waals surface area contributed by atoms with Gasteiger partial charge < -0.3 is 19.9 Å². The fraction of sp³-hybridized carbons (Fsp3) is 0.562. The molecule has 0 aliphatic carbocycles. The molecule has 2 atom stereocenters. The van der Waals surface area contributed by atoms with E-state index in [9.17, 15) is 9.90 Å². The quantitative estimate of drug-likeness (QED) is 0.773. The van der Waals surface area contributed by atoms with Gasteiger partial charge in [0, 0.05) is 6.04 Å². The molecule has 2 N–H and O–H groups in total. The molecule has 0 saturated heterocycles. The molecule has 1 amide bonds. The third-order valence-electron chi connectivity index (χ3n) is 3.16. The van der Waals surface area contributed by atoms with Gasteiger partial charge in [-0.25, -0.2) is 0 Å². The summed E-state index contributed by atoms with van der Waals surface area (Å²) in [6, 6.07) is 5.30. The lowest BCUT2D eigenvalue weighted by molar-refractivity contribution is -0.123. The second-order valence-electron chi connectivity index (χ2n) is 5.13. The highest BCUT2D eigenvalue weighted by atomic mass is 16.5. The summed E-state index contributed by atoms with van der Waals surface area (Å²) in [5.41, 5.74) is 0.736. The molecule has 0 aliphatic heterocycles. The Balaban J connectivity index is 2.60. The van der Waals surface area contributed by atoms with Crippen molar-refractivity contribution >= 4 is 5.91 Å². The van der Waals surface area contributed by atoms with Crippen LogP contribution in [0.1, 0.15) is 45.3 Å². The monoisotopic (exact) mass is 295 g/mol. The molecule has 118 valence electrons. The van der Waals surface area contributed by atoms with Gasteiger partial charge in [0.05, 0.1) is 13.2 Å². The Kier molecular flexibility index (Phi) is 7.02. The van der Waals surface area contributed by atoms with Gasteiger partial charge >= 0.3 is 0 Å². The van der Waals surface area contributed by atoms with E-state index in [1.165, 1.54) is 7.11 Å². The molecule has 0 aliphatic rings. The van der Waals surface area contributed by atoms with Crippen LogP contribution in [0.3, 0.4) is 0 Å². The summed E-state index contributed by atoms with van der Waals surface area (Å²) in [5.74, 6) is 0.834. The van der Waals surface area contributed by atoms with Crippen molar-refractivity contribution < 1.29 is 19.4 Å². The maximum absolute atomic E-state index is 11.8. The van der Waals surface area contributed by atoms with E-state index >= 15 is 0 Å². The van der Waals surface area contributed by atoms with E-state index < -0.39 is 6.10 Å². The number of hydrogen-bond donors (Lipinski definition) is 2. The number of ether oxygens (including phenoxy) is 2. The average Bonchev–Trinajstić information content (AvgIpc) is 2.44. The van der Waals surface area contributed by atoms with Gasteiger partial charge in [0.1, 0.15) is 0 Å². The molecule has 1 unspecified atom stereocenters. The van der Waals surface area contributed by atoms with Gasteiger partial charge in [-0.15, -0.1) is 0 Å². The first kappa shape index (κ1) is 17.3. The summed E-state index contributed by atoms with van der Waals surface area (Å²) < 4.78 is 10.7. The van der Waals surface area contributed by atoms with Gasteiger partial charge in [-0.2, -0.15) is 0 Å². The largest absolute Gasteiger partial charge is 0.493 e. The molecular weight excluding hydrogens is 270 g/mol. The molecule has 5 heteroatoms. The Hall–Kier alpha value is -1.75. The lowest BCUT2D eigenvalue weighted by Gasteiger charge is -2.15. The number of aliphatic hydroxyl groups excluding tert-OH is 1. The second-order valence-corrected chi connectivity index (χ2v) is 5.13. The summed E-state index contributed by atoms with van der Waals surface area (Å²) in [4.78, 5) is 11.8. The van der Waals surface area contributed by atoms with Gasteiger partial charge in [0.15, 0.2) is 18.1 Å². The molecule has 0 fully saturated rings. The van der Waals surface area contributed by atoms with Gasteiger partial charge in [-0.1, -0.05) is 19.4 Å². The minimum atomic E-state index is -0.578. The number of carbonyl (C=O) groups is 1. The van der Waals surface area contributed by atoms with E-state index in [-0.39, 0.29) is 18.6 Å². The fourth-order valence-corrected chi connectivity index (χ4v) is 2.03. The van der Waals surface area contributed by atoms with Crippen LogP contribution in [0, 0.1) is 0 Å². The zero-order valence-electron chi connectivity index (χ0n) is 13.2. The smallest absolute Gasteiger partial charge is 0.258 e. The van der Waals surface area contributed by atoms with Crippen LogP contribution >= 0.6 is 0 Å². The molecule has 0 saturated carbocycles. The molecule has 1 aromatic rings. The summed E-state index contributed by atoms with van der Waals surface area (Å²) in [7, 11) is 1.53. The van der Waals surface area contributed by atoms with Gasteiger partial charge in [0.2, 0.25) is 0 Å². The molecule has 5 nitrogen and oxygen atoms in total. The SMILES string of the molecule is CCCC(C)NC(=O)COc1ccc([C@H](C)O)cc1OC. The highest BCUT2D eigenvalue weighted by Crippen LogP contribution is 2.30. The van der Waals surface area contributed by atoms with E-state index in [0.29, 0.717) is 11.5 Å². The predicted octanol–water partition coefficient (Wildman–Crippen LogP) is 2.43. The van der Waals surface area contributed by atoms with Crippen LogP contribution in [0.2, 0.25) is 0 Å². The molecule has 0 heterocycles. The number of nitrogens with one attached hydrogen (secondary N) is 1. The first-order valence-corrected chi connectivity index (χ1v) is 7.26. The minimum absolute atomic E-state index is 0.0571. The molecule has 0 spiro atoms. The number of rotatable bonds is 8. The number of amides is 1. The zero-order chi connectivity index (χ0) is 15.8. The van der Waals surface area contributed by atoms with Gasteiger partial charge in [-0.3, -0.25) is 4.79 Å². The highest BCUT2D eigenvalue weighted by molar-refractivity contribution is 5.77. The van der Waals surface area contributed by atoms with E-state index in [2.05, 4.69) is 12.2 Å². The minimum Gasteiger partial charge on any atom is -0.493 e. The van der Waals surface area contributed by atoms with E-state index in [4.69, 9.17) is 9.47 Å². The predicted molar refractivity (Wildman–Crippen MR) is 81.6 cm³/mol. The van der Waals surface area contributed by atoms with Crippen LogP contribution in [0.15, 0.2) is 18.2 Å². The molecule has 1 rings (SSSR count). The maximum atomic E-state index is 11.8. The van der Waals surface area contributed by atoms with E-state index in [1.54, 1.807) is 25.1 Å². The molecule has 0 bridgehead atoms. The van der Waals surface area contributed by atoms with Gasteiger partial charge in [0.25, 0.3) is 5.91 Å². The van der Waals surface area contributed by atoms with Crippen molar-refractivity contribution in [1.82, 2.24) is 5.32 Å². The number of benzene rings is 1. The summed E-state index contributed by atoms with van der Waals surface area (Å²) in [6.45, 7) is 5.67. The average molecular weight is 295 g/mol. The van der Waals surface area contributed by atoms with Crippen LogP contribution in [0.25, 0.3) is 0 Å². The molecular formula is C16H25NO4. The molecule has 0 radical (unpaired) electrons. The van der Waals surface area contributed by atoms with Crippen LogP contribution in [-0.4, -0.2) is 30.8 Å². The first-order chi connectivity index (χ1) is 9.97. The third kappa shape index (κ3) is 5.63. The Morgan fingerprint density at radius 1 is 1.33 bits per heavy atom. The van der Waals surface area contributed by atoms with Crippen LogP contribution < -0.4 is 14.8 Å². The normalized spacial score (nSPS) is 13.4. The summed E-state index contributed by atoms with van der Waals surface area (Å²) in [6.07, 6.45) is 1.39. The maximum Gasteiger partial charge on any atom is 0.258 e. The molecule has 21 heavy (non-hydrogen) atoms. The number of aliphatic hydroxyl groups is 1.